The van der Waals surface area contributed by atoms with Crippen LogP contribution in [0.3, 0.4) is 0 Å². The van der Waals surface area contributed by atoms with Gasteiger partial charge >= 0.3 is 0 Å². The fourth-order valence-electron chi connectivity index (χ4n) is 3.21. The van der Waals surface area contributed by atoms with Crippen molar-refractivity contribution in [3.05, 3.63) is 12.4 Å². The molecule has 1 saturated carbocycles. The maximum Gasteiger partial charge on any atom is 0.157 e. The van der Waals surface area contributed by atoms with Crippen LogP contribution < -0.4 is 4.74 Å². The summed E-state index contributed by atoms with van der Waals surface area (Å²) in [7, 11) is 2.20. The van der Waals surface area contributed by atoms with E-state index in [-0.39, 0.29) is 0 Å². The summed E-state index contributed by atoms with van der Waals surface area (Å²) in [6, 6.07) is 0.612. The first kappa shape index (κ1) is 13.0. The lowest BCUT2D eigenvalue weighted by Crippen LogP contribution is -2.32. The third kappa shape index (κ3) is 3.30. The fourth-order valence-corrected chi connectivity index (χ4v) is 3.21. The molecule has 2 heterocycles. The summed E-state index contributed by atoms with van der Waals surface area (Å²) >= 11 is 0. The van der Waals surface area contributed by atoms with Crippen LogP contribution in [-0.4, -0.2) is 41.4 Å². The number of hydrogen-bond donors (Lipinski definition) is 0. The van der Waals surface area contributed by atoms with Crippen molar-refractivity contribution >= 4 is 0 Å². The number of nitrogens with zero attached hydrogens (tertiary/aromatic N) is 3. The zero-order valence-corrected chi connectivity index (χ0v) is 11.9. The number of hydrogen-bond acceptors (Lipinski definition) is 3. The minimum atomic E-state index is 0.612. The highest BCUT2D eigenvalue weighted by Crippen LogP contribution is 2.30. The van der Waals surface area contributed by atoms with Gasteiger partial charge in [0.1, 0.15) is 0 Å². The number of likely N-dealkylation sites (tertiary alicyclic amines) is 1. The summed E-state index contributed by atoms with van der Waals surface area (Å²) in [5, 5.41) is 4.46. The van der Waals surface area contributed by atoms with Crippen LogP contribution in [-0.2, 0) is 0 Å². The molecule has 3 rings (SSSR count). The molecule has 0 amide bonds. The molecule has 19 heavy (non-hydrogen) atoms. The molecule has 0 N–H and O–H groups in total. The van der Waals surface area contributed by atoms with Gasteiger partial charge in [0, 0.05) is 0 Å². The molecule has 0 bridgehead atoms. The lowest BCUT2D eigenvalue weighted by Gasteiger charge is -2.28. The number of rotatable bonds is 4. The van der Waals surface area contributed by atoms with E-state index in [9.17, 15) is 0 Å². The quantitative estimate of drug-likeness (QED) is 0.836. The molecule has 106 valence electrons. The Balaban J connectivity index is 1.47. The molecule has 2 fully saturated rings. The van der Waals surface area contributed by atoms with E-state index < -0.39 is 0 Å². The third-order valence-electron chi connectivity index (χ3n) is 4.60. The monoisotopic (exact) mass is 263 g/mol. The zero-order chi connectivity index (χ0) is 13.1. The van der Waals surface area contributed by atoms with Gasteiger partial charge in [0.2, 0.25) is 0 Å². The summed E-state index contributed by atoms with van der Waals surface area (Å²) in [4.78, 5) is 2.40. The summed E-state index contributed by atoms with van der Waals surface area (Å²) < 4.78 is 8.03. The molecule has 1 aliphatic carbocycles. The van der Waals surface area contributed by atoms with Crippen molar-refractivity contribution in [1.29, 1.82) is 0 Å². The zero-order valence-electron chi connectivity index (χ0n) is 11.9. The molecule has 0 spiro atoms. The van der Waals surface area contributed by atoms with E-state index in [4.69, 9.17) is 4.74 Å². The topological polar surface area (TPSA) is 30.3 Å². The first-order chi connectivity index (χ1) is 9.31. The van der Waals surface area contributed by atoms with E-state index in [1.165, 1.54) is 51.6 Å². The van der Waals surface area contributed by atoms with Crippen molar-refractivity contribution in [3.8, 4) is 5.75 Å². The van der Waals surface area contributed by atoms with E-state index in [0.717, 1.165) is 12.4 Å². The largest absolute Gasteiger partial charge is 0.490 e. The number of aromatic nitrogens is 2. The van der Waals surface area contributed by atoms with Crippen molar-refractivity contribution in [2.45, 2.75) is 44.6 Å². The van der Waals surface area contributed by atoms with Crippen LogP contribution in [0.15, 0.2) is 12.4 Å². The van der Waals surface area contributed by atoms with E-state index in [0.29, 0.717) is 12.0 Å². The molecule has 4 heteroatoms. The van der Waals surface area contributed by atoms with Crippen molar-refractivity contribution in [2.75, 3.05) is 26.7 Å². The van der Waals surface area contributed by atoms with Crippen LogP contribution >= 0.6 is 0 Å². The third-order valence-corrected chi connectivity index (χ3v) is 4.60. The van der Waals surface area contributed by atoms with Gasteiger partial charge in [-0.1, -0.05) is 12.8 Å². The Morgan fingerprint density at radius 1 is 1.21 bits per heavy atom. The van der Waals surface area contributed by atoms with E-state index in [2.05, 4.69) is 27.9 Å². The van der Waals surface area contributed by atoms with Crippen LogP contribution in [0.4, 0.5) is 0 Å². The summed E-state index contributed by atoms with van der Waals surface area (Å²) in [6.07, 6.45) is 11.7. The second-order valence-electron chi connectivity index (χ2n) is 6.15. The Morgan fingerprint density at radius 2 is 1.95 bits per heavy atom. The Morgan fingerprint density at radius 3 is 2.68 bits per heavy atom. The summed E-state index contributed by atoms with van der Waals surface area (Å²) in [5.74, 6) is 1.66. The van der Waals surface area contributed by atoms with Crippen LogP contribution in [0.25, 0.3) is 0 Å². The average Bonchev–Trinajstić information content (AvgIpc) is 3.09. The lowest BCUT2D eigenvalue weighted by atomic mass is 9.98. The van der Waals surface area contributed by atoms with Crippen LogP contribution in [0.1, 0.15) is 44.6 Å². The van der Waals surface area contributed by atoms with E-state index in [1.54, 1.807) is 0 Å². The molecule has 4 nitrogen and oxygen atoms in total. The Labute approximate surface area is 115 Å². The molecule has 0 unspecified atom stereocenters. The average molecular weight is 263 g/mol. The smallest absolute Gasteiger partial charge is 0.157 e. The number of piperidine rings is 1. The Hall–Kier alpha value is -1.03. The fraction of sp³-hybridized carbons (Fsp3) is 0.800. The minimum absolute atomic E-state index is 0.612. The molecule has 0 radical (unpaired) electrons. The van der Waals surface area contributed by atoms with E-state index in [1.807, 2.05) is 6.20 Å². The Kier molecular flexibility index (Phi) is 4.06. The van der Waals surface area contributed by atoms with Gasteiger partial charge in [-0.05, 0) is 51.7 Å². The van der Waals surface area contributed by atoms with Crippen molar-refractivity contribution < 1.29 is 4.74 Å². The first-order valence-electron chi connectivity index (χ1n) is 7.67. The van der Waals surface area contributed by atoms with Gasteiger partial charge in [0.25, 0.3) is 0 Å². The molecular formula is C15H25N3O. The van der Waals surface area contributed by atoms with Gasteiger partial charge in [-0.25, -0.2) is 0 Å². The van der Waals surface area contributed by atoms with Crippen LogP contribution in [0.2, 0.25) is 0 Å². The summed E-state index contributed by atoms with van der Waals surface area (Å²) in [5.41, 5.74) is 0. The maximum absolute atomic E-state index is 5.92. The number of ether oxygens (including phenoxy) is 1. The molecule has 1 aromatic heterocycles. The van der Waals surface area contributed by atoms with Gasteiger partial charge < -0.3 is 9.64 Å². The van der Waals surface area contributed by atoms with Gasteiger partial charge in [0.15, 0.2) is 5.75 Å². The highest BCUT2D eigenvalue weighted by Gasteiger charge is 2.19. The van der Waals surface area contributed by atoms with Gasteiger partial charge in [-0.3, -0.25) is 4.68 Å². The molecule has 0 atom stereocenters. The second kappa shape index (κ2) is 5.95. The molecule has 1 aliphatic heterocycles. The highest BCUT2D eigenvalue weighted by atomic mass is 16.5. The van der Waals surface area contributed by atoms with Gasteiger partial charge in [-0.15, -0.1) is 0 Å². The molecule has 0 aromatic carbocycles. The van der Waals surface area contributed by atoms with Gasteiger partial charge in [-0.2, -0.15) is 5.10 Å². The summed E-state index contributed by atoms with van der Waals surface area (Å²) in [6.45, 7) is 3.26. The minimum Gasteiger partial charge on any atom is -0.490 e. The highest BCUT2D eigenvalue weighted by molar-refractivity contribution is 5.12. The molecule has 1 aromatic rings. The SMILES string of the molecule is CN1CCC(COc2cnn(C3CCCC3)c2)CC1. The standard InChI is InChI=1S/C15H25N3O/c1-17-8-6-13(7-9-17)12-19-15-10-16-18(11-15)14-4-2-3-5-14/h10-11,13-14H,2-9,12H2,1H3. The van der Waals surface area contributed by atoms with Gasteiger partial charge in [0.05, 0.1) is 25.0 Å². The maximum atomic E-state index is 5.92. The van der Waals surface area contributed by atoms with Crippen molar-refractivity contribution in [2.24, 2.45) is 5.92 Å². The normalized spacial score (nSPS) is 23.0. The Bertz CT molecular complexity index is 390. The lowest BCUT2D eigenvalue weighted by molar-refractivity contribution is 0.160. The van der Waals surface area contributed by atoms with Crippen LogP contribution in [0, 0.1) is 5.92 Å². The molecule has 2 aliphatic rings. The predicted molar refractivity (Wildman–Crippen MR) is 75.4 cm³/mol. The van der Waals surface area contributed by atoms with Crippen molar-refractivity contribution in [1.82, 2.24) is 14.7 Å². The van der Waals surface area contributed by atoms with Crippen molar-refractivity contribution in [3.63, 3.8) is 0 Å². The first-order valence-corrected chi connectivity index (χ1v) is 7.67. The molecular weight excluding hydrogens is 238 g/mol. The van der Waals surface area contributed by atoms with Crippen LogP contribution in [0.5, 0.6) is 5.75 Å². The van der Waals surface area contributed by atoms with E-state index >= 15 is 0 Å². The predicted octanol–water partition coefficient (Wildman–Crippen LogP) is 2.72. The second-order valence-corrected chi connectivity index (χ2v) is 6.15. The molecule has 1 saturated heterocycles.